The van der Waals surface area contributed by atoms with Crippen LogP contribution in [0.25, 0.3) is 0 Å². The molecule has 1 amide bonds. The van der Waals surface area contributed by atoms with Gasteiger partial charge in [0, 0.05) is 35.5 Å². The van der Waals surface area contributed by atoms with Gasteiger partial charge in [-0.1, -0.05) is 29.8 Å². The number of pyridine rings is 1. The van der Waals surface area contributed by atoms with Crippen molar-refractivity contribution in [2.24, 2.45) is 0 Å². The summed E-state index contributed by atoms with van der Waals surface area (Å²) in [5.74, 6) is 0.838. The van der Waals surface area contributed by atoms with Crippen molar-refractivity contribution < 1.29 is 9.90 Å². The normalized spacial score (nSPS) is 15.5. The smallest absolute Gasteiger partial charge is 0.255 e. The van der Waals surface area contributed by atoms with Crippen molar-refractivity contribution in [1.82, 2.24) is 19.7 Å². The molecule has 3 N–H and O–H groups in total. The molecule has 0 aliphatic carbocycles. The molecule has 3 heterocycles. The number of nitrogens with zero attached hydrogens (tertiary/aromatic N) is 4. The first-order valence-electron chi connectivity index (χ1n) is 9.58. The lowest BCUT2D eigenvalue weighted by atomic mass is 9.95. The number of carbonyl (C=O) groups excluding carboxylic acids is 1. The Balaban J connectivity index is 1.78. The van der Waals surface area contributed by atoms with Gasteiger partial charge >= 0.3 is 0 Å². The highest BCUT2D eigenvalue weighted by atomic mass is 35.5. The minimum absolute atomic E-state index is 0.0568. The van der Waals surface area contributed by atoms with Crippen molar-refractivity contribution in [1.29, 1.82) is 0 Å². The van der Waals surface area contributed by atoms with Crippen LogP contribution >= 0.6 is 11.6 Å². The monoisotopic (exact) mass is 424 g/mol. The summed E-state index contributed by atoms with van der Waals surface area (Å²) in [6, 6.07) is 10.4. The summed E-state index contributed by atoms with van der Waals surface area (Å²) in [5, 5.41) is 20.3. The maximum Gasteiger partial charge on any atom is 0.255 e. The van der Waals surface area contributed by atoms with E-state index in [1.54, 1.807) is 35.3 Å². The molecule has 1 aromatic carbocycles. The zero-order chi connectivity index (χ0) is 21.1. The molecule has 0 radical (unpaired) electrons. The second-order valence-electron chi connectivity index (χ2n) is 6.91. The van der Waals surface area contributed by atoms with E-state index < -0.39 is 6.04 Å². The lowest BCUT2D eigenvalue weighted by Crippen LogP contribution is -2.31. The van der Waals surface area contributed by atoms with Gasteiger partial charge in [0.05, 0.1) is 17.5 Å². The molecule has 1 unspecified atom stereocenters. The fraction of sp³-hybridized carbons (Fsp3) is 0.238. The van der Waals surface area contributed by atoms with Crippen molar-refractivity contribution in [2.45, 2.75) is 25.8 Å². The molecule has 0 fully saturated rings. The molecule has 0 saturated heterocycles. The van der Waals surface area contributed by atoms with Crippen LogP contribution in [0.15, 0.2) is 60.1 Å². The van der Waals surface area contributed by atoms with E-state index in [2.05, 4.69) is 25.7 Å². The van der Waals surface area contributed by atoms with Gasteiger partial charge in [0.15, 0.2) is 5.82 Å². The van der Waals surface area contributed by atoms with Gasteiger partial charge in [-0.15, -0.1) is 0 Å². The molecule has 4 rings (SSSR count). The molecule has 0 spiro atoms. The molecule has 0 saturated carbocycles. The number of carbonyl (C=O) groups is 1. The van der Waals surface area contributed by atoms with Gasteiger partial charge in [0.2, 0.25) is 5.95 Å². The third-order valence-corrected chi connectivity index (χ3v) is 5.16. The van der Waals surface area contributed by atoms with Gasteiger partial charge in [-0.25, -0.2) is 4.68 Å². The Morgan fingerprint density at radius 3 is 2.87 bits per heavy atom. The number of halogens is 1. The number of aryl methyl sites for hydroxylation is 1. The van der Waals surface area contributed by atoms with E-state index in [1.165, 1.54) is 0 Å². The van der Waals surface area contributed by atoms with E-state index in [-0.39, 0.29) is 12.5 Å². The van der Waals surface area contributed by atoms with Crippen LogP contribution in [0.5, 0.6) is 0 Å². The summed E-state index contributed by atoms with van der Waals surface area (Å²) in [4.78, 5) is 21.9. The van der Waals surface area contributed by atoms with Gasteiger partial charge in [0.1, 0.15) is 6.04 Å². The van der Waals surface area contributed by atoms with Gasteiger partial charge in [-0.3, -0.25) is 9.78 Å². The summed E-state index contributed by atoms with van der Waals surface area (Å²) in [6.45, 7) is 1.88. The highest BCUT2D eigenvalue weighted by molar-refractivity contribution is 6.31. The van der Waals surface area contributed by atoms with E-state index >= 15 is 0 Å². The van der Waals surface area contributed by atoms with Crippen molar-refractivity contribution in [3.63, 3.8) is 0 Å². The molecule has 3 aromatic rings. The predicted molar refractivity (Wildman–Crippen MR) is 114 cm³/mol. The van der Waals surface area contributed by atoms with Gasteiger partial charge in [-0.2, -0.15) is 10.1 Å². The molecule has 2 aromatic heterocycles. The Bertz CT molecular complexity index is 1100. The summed E-state index contributed by atoms with van der Waals surface area (Å²) in [7, 11) is 0. The lowest BCUT2D eigenvalue weighted by Gasteiger charge is -2.29. The summed E-state index contributed by atoms with van der Waals surface area (Å²) < 4.78 is 1.68. The lowest BCUT2D eigenvalue weighted by molar-refractivity contribution is -0.113. The molecule has 1 atom stereocenters. The second-order valence-corrected chi connectivity index (χ2v) is 7.31. The molecule has 8 nitrogen and oxygen atoms in total. The molecular formula is C21H21ClN6O2. The van der Waals surface area contributed by atoms with E-state index in [1.807, 2.05) is 25.1 Å². The van der Waals surface area contributed by atoms with Crippen LogP contribution in [0.1, 0.15) is 30.8 Å². The Kier molecular flexibility index (Phi) is 5.78. The van der Waals surface area contributed by atoms with Crippen LogP contribution in [-0.2, 0) is 11.2 Å². The second kappa shape index (κ2) is 8.64. The number of amides is 1. The highest BCUT2D eigenvalue weighted by Gasteiger charge is 2.35. The van der Waals surface area contributed by atoms with Crippen molar-refractivity contribution in [3.05, 3.63) is 76.5 Å². The molecule has 9 heteroatoms. The first kappa shape index (κ1) is 20.1. The average molecular weight is 425 g/mol. The van der Waals surface area contributed by atoms with E-state index in [0.717, 1.165) is 5.56 Å². The number of aliphatic hydroxyl groups is 1. The number of anilines is 2. The van der Waals surface area contributed by atoms with Gasteiger partial charge in [0.25, 0.3) is 5.91 Å². The number of aliphatic hydroxyl groups excluding tert-OH is 1. The number of allylic oxidation sites excluding steroid dienone is 1. The van der Waals surface area contributed by atoms with Gasteiger partial charge < -0.3 is 15.7 Å². The summed E-state index contributed by atoms with van der Waals surface area (Å²) in [6.07, 6.45) is 4.32. The largest absolute Gasteiger partial charge is 0.396 e. The number of hydrogen-bond acceptors (Lipinski definition) is 6. The third kappa shape index (κ3) is 3.92. The first-order valence-corrected chi connectivity index (χ1v) is 9.96. The number of fused-ring (bicyclic) bond motifs is 1. The summed E-state index contributed by atoms with van der Waals surface area (Å²) >= 11 is 6.51. The quantitative estimate of drug-likeness (QED) is 0.561. The van der Waals surface area contributed by atoms with Crippen LogP contribution in [0.2, 0.25) is 5.02 Å². The maximum atomic E-state index is 13.3. The third-order valence-electron chi connectivity index (χ3n) is 4.82. The molecule has 30 heavy (non-hydrogen) atoms. The minimum Gasteiger partial charge on any atom is -0.396 e. The number of nitrogens with one attached hydrogen (secondary N) is 2. The van der Waals surface area contributed by atoms with Crippen molar-refractivity contribution in [3.8, 4) is 0 Å². The Morgan fingerprint density at radius 2 is 2.13 bits per heavy atom. The van der Waals surface area contributed by atoms with E-state index in [9.17, 15) is 4.79 Å². The number of aromatic nitrogens is 4. The minimum atomic E-state index is -0.554. The zero-order valence-corrected chi connectivity index (χ0v) is 17.1. The van der Waals surface area contributed by atoms with Crippen LogP contribution in [0.4, 0.5) is 11.6 Å². The maximum absolute atomic E-state index is 13.3. The van der Waals surface area contributed by atoms with Gasteiger partial charge in [-0.05, 0) is 31.5 Å². The Labute approximate surface area is 178 Å². The molecule has 154 valence electrons. The fourth-order valence-corrected chi connectivity index (χ4v) is 3.69. The standard InChI is InChI=1S/C21H21ClN6O2/c1-13-18(20(30)25-14-6-4-10-23-12-14)19(15-7-2-3-8-16(15)22)28-21(24-13)26-17(27-28)9-5-11-29/h2-4,6-8,10,12,19,29H,5,9,11H2,1H3,(H,25,30)(H,24,26,27). The van der Waals surface area contributed by atoms with E-state index in [4.69, 9.17) is 16.7 Å². The Hall–Kier alpha value is -3.23. The number of hydrogen-bond donors (Lipinski definition) is 3. The zero-order valence-electron chi connectivity index (χ0n) is 16.3. The fourth-order valence-electron chi connectivity index (χ4n) is 3.45. The SMILES string of the molecule is CC1=C(C(=O)Nc2cccnc2)C(c2ccccc2Cl)n2nc(CCCO)nc2N1. The topological polar surface area (TPSA) is 105 Å². The highest BCUT2D eigenvalue weighted by Crippen LogP contribution is 2.38. The Morgan fingerprint density at radius 1 is 1.30 bits per heavy atom. The van der Waals surface area contributed by atoms with Crippen molar-refractivity contribution in [2.75, 3.05) is 17.2 Å². The van der Waals surface area contributed by atoms with Crippen LogP contribution in [-0.4, -0.2) is 37.4 Å². The van der Waals surface area contributed by atoms with Crippen LogP contribution in [0, 0.1) is 0 Å². The number of rotatable bonds is 6. The molecule has 0 bridgehead atoms. The van der Waals surface area contributed by atoms with E-state index in [0.29, 0.717) is 46.6 Å². The predicted octanol–water partition coefficient (Wildman–Crippen LogP) is 3.18. The van der Waals surface area contributed by atoms with Crippen LogP contribution in [0.3, 0.4) is 0 Å². The molecule has 1 aliphatic heterocycles. The first-order chi connectivity index (χ1) is 14.6. The average Bonchev–Trinajstić information content (AvgIpc) is 3.14. The van der Waals surface area contributed by atoms with Crippen molar-refractivity contribution >= 4 is 29.1 Å². The summed E-state index contributed by atoms with van der Waals surface area (Å²) in [5.41, 5.74) is 2.48. The molecule has 1 aliphatic rings. The molecular weight excluding hydrogens is 404 g/mol. The van der Waals surface area contributed by atoms with Crippen LogP contribution < -0.4 is 10.6 Å². The number of benzene rings is 1.